The summed E-state index contributed by atoms with van der Waals surface area (Å²) in [6.45, 7) is 0.445. The topological polar surface area (TPSA) is 90.5 Å². The molecule has 0 saturated heterocycles. The molecule has 0 bridgehead atoms. The molecule has 0 amide bonds. The van der Waals surface area contributed by atoms with E-state index in [-0.39, 0.29) is 29.6 Å². The van der Waals surface area contributed by atoms with Crippen molar-refractivity contribution in [1.82, 2.24) is 4.83 Å². The van der Waals surface area contributed by atoms with Crippen molar-refractivity contribution in [3.05, 3.63) is 60.2 Å². The number of ether oxygens (including phenoxy) is 1. The summed E-state index contributed by atoms with van der Waals surface area (Å²) in [7, 11) is -4.52. The van der Waals surface area contributed by atoms with Crippen LogP contribution >= 0.6 is 0 Å². The van der Waals surface area contributed by atoms with Crippen LogP contribution in [0.2, 0.25) is 0 Å². The van der Waals surface area contributed by atoms with Gasteiger partial charge in [-0.1, -0.05) is 30.3 Å². The van der Waals surface area contributed by atoms with Gasteiger partial charge in [-0.15, -0.1) is 4.83 Å². The molecule has 0 unspecified atom stereocenters. The first-order valence-corrected chi connectivity index (χ1v) is 7.19. The molecule has 0 fully saturated rings. The molecule has 106 valence electrons. The van der Waals surface area contributed by atoms with E-state index in [4.69, 9.17) is 4.74 Å². The Balaban J connectivity index is 0.00000220. The average Bonchev–Trinajstić information content (AvgIpc) is 2.44. The van der Waals surface area contributed by atoms with Gasteiger partial charge in [-0.3, -0.25) is 0 Å². The van der Waals surface area contributed by atoms with Gasteiger partial charge in [0.15, 0.2) is 10.3 Å². The smallest absolute Gasteiger partial charge is 0.734 e. The molecule has 21 heavy (non-hydrogen) atoms. The van der Waals surface area contributed by atoms with Crippen LogP contribution in [-0.4, -0.2) is 13.0 Å². The summed E-state index contributed by atoms with van der Waals surface area (Å²) in [6.07, 6.45) is 0. The first-order valence-electron chi connectivity index (χ1n) is 5.78. The predicted molar refractivity (Wildman–Crippen MR) is 73.7 cm³/mol. The summed E-state index contributed by atoms with van der Waals surface area (Å²) >= 11 is 0. The van der Waals surface area contributed by atoms with E-state index in [1.54, 1.807) is 29.1 Å². The van der Waals surface area contributed by atoms with E-state index in [0.717, 1.165) is 5.56 Å². The second-order valence-electron chi connectivity index (χ2n) is 3.98. The van der Waals surface area contributed by atoms with Crippen molar-refractivity contribution in [3.8, 4) is 5.75 Å². The van der Waals surface area contributed by atoms with Crippen LogP contribution in [0.3, 0.4) is 0 Å². The van der Waals surface area contributed by atoms with Crippen LogP contribution < -0.4 is 44.6 Å². The van der Waals surface area contributed by atoms with E-state index in [9.17, 15) is 13.0 Å². The molecule has 0 spiro atoms. The van der Waals surface area contributed by atoms with Gasteiger partial charge in [0.25, 0.3) is 0 Å². The van der Waals surface area contributed by atoms with E-state index in [1.807, 2.05) is 30.3 Å². The van der Waals surface area contributed by atoms with Crippen LogP contribution in [0, 0.1) is 0 Å². The third kappa shape index (κ3) is 6.94. The Labute approximate surface area is 145 Å². The Morgan fingerprint density at radius 3 is 2.19 bits per heavy atom. The molecule has 2 aromatic rings. The number of benzene rings is 2. The number of hydrazine groups is 1. The Morgan fingerprint density at radius 1 is 1.00 bits per heavy atom. The monoisotopic (exact) mass is 316 g/mol. The van der Waals surface area contributed by atoms with Gasteiger partial charge >= 0.3 is 29.6 Å². The van der Waals surface area contributed by atoms with Crippen LogP contribution in [0.25, 0.3) is 0 Å². The number of anilines is 1. The van der Waals surface area contributed by atoms with Crippen LogP contribution in [0.15, 0.2) is 54.6 Å². The number of nitrogens with one attached hydrogen (secondary N) is 2. The zero-order chi connectivity index (χ0) is 14.4. The minimum Gasteiger partial charge on any atom is -0.734 e. The molecule has 2 N–H and O–H groups in total. The zero-order valence-electron chi connectivity index (χ0n) is 11.4. The minimum absolute atomic E-state index is 0. The maximum atomic E-state index is 10.4. The molecule has 0 aliphatic heterocycles. The van der Waals surface area contributed by atoms with Gasteiger partial charge in [0.2, 0.25) is 0 Å². The number of hydrogen-bond donors (Lipinski definition) is 2. The molecule has 2 rings (SSSR count). The van der Waals surface area contributed by atoms with Crippen molar-refractivity contribution in [2.45, 2.75) is 6.61 Å². The molecule has 8 heteroatoms. The van der Waals surface area contributed by atoms with Gasteiger partial charge in [0, 0.05) is 0 Å². The maximum absolute atomic E-state index is 10.4. The Morgan fingerprint density at radius 2 is 1.62 bits per heavy atom. The molecule has 0 aliphatic rings. The van der Waals surface area contributed by atoms with E-state index < -0.39 is 10.3 Å². The Bertz CT molecular complexity index is 648. The summed E-state index contributed by atoms with van der Waals surface area (Å²) in [4.78, 5) is 1.64. The SMILES string of the molecule is O=S(=O)([O-])NNc1ccc(OCc2ccccc2)cc1.[Na+]. The molecule has 0 atom stereocenters. The summed E-state index contributed by atoms with van der Waals surface area (Å²) in [5, 5.41) is 0. The molecule has 0 aromatic heterocycles. The second kappa shape index (κ2) is 8.38. The van der Waals surface area contributed by atoms with Gasteiger partial charge < -0.3 is 14.7 Å². The fraction of sp³-hybridized carbons (Fsp3) is 0.0769. The normalized spacial score (nSPS) is 10.5. The fourth-order valence-corrected chi connectivity index (χ4v) is 1.74. The van der Waals surface area contributed by atoms with Crippen LogP contribution in [0.4, 0.5) is 5.69 Å². The Hall–Kier alpha value is -1.09. The maximum Gasteiger partial charge on any atom is 1.00 e. The standard InChI is InChI=1S/C13H14N2O4S.Na/c16-20(17,18)15-14-12-6-8-13(9-7-12)19-10-11-4-2-1-3-5-11;/h1-9,14-15H,10H2,(H,16,17,18);/q;+1/p-1. The van der Waals surface area contributed by atoms with Crippen LogP contribution in [-0.2, 0) is 16.9 Å². The molecule has 0 saturated carbocycles. The Kier molecular flexibility index (Phi) is 7.16. The second-order valence-corrected chi connectivity index (χ2v) is 5.09. The van der Waals surface area contributed by atoms with E-state index in [1.165, 1.54) is 0 Å². The van der Waals surface area contributed by atoms with Crippen molar-refractivity contribution in [3.63, 3.8) is 0 Å². The van der Waals surface area contributed by atoms with E-state index >= 15 is 0 Å². The number of rotatable bonds is 6. The van der Waals surface area contributed by atoms with Crippen molar-refractivity contribution in [1.29, 1.82) is 0 Å². The van der Waals surface area contributed by atoms with Crippen molar-refractivity contribution in [2.75, 3.05) is 5.43 Å². The fourth-order valence-electron chi connectivity index (χ4n) is 1.50. The zero-order valence-corrected chi connectivity index (χ0v) is 14.3. The summed E-state index contributed by atoms with van der Waals surface area (Å²) in [5.41, 5.74) is 3.77. The predicted octanol–water partition coefficient (Wildman–Crippen LogP) is -1.35. The molecular weight excluding hydrogens is 303 g/mol. The first kappa shape index (κ1) is 18.0. The van der Waals surface area contributed by atoms with Gasteiger partial charge in [-0.2, -0.15) is 0 Å². The summed E-state index contributed by atoms with van der Waals surface area (Å²) < 4.78 is 36.7. The first-order chi connectivity index (χ1) is 9.53. The summed E-state index contributed by atoms with van der Waals surface area (Å²) in [6, 6.07) is 16.2. The molecule has 0 radical (unpaired) electrons. The quantitative estimate of drug-likeness (QED) is 0.390. The third-order valence-corrected chi connectivity index (χ3v) is 2.78. The average molecular weight is 316 g/mol. The number of hydrogen-bond acceptors (Lipinski definition) is 5. The van der Waals surface area contributed by atoms with Gasteiger partial charge in [0.1, 0.15) is 12.4 Å². The van der Waals surface area contributed by atoms with E-state index in [2.05, 4.69) is 5.43 Å². The van der Waals surface area contributed by atoms with Gasteiger partial charge in [-0.05, 0) is 29.8 Å². The van der Waals surface area contributed by atoms with Crippen molar-refractivity contribution >= 4 is 16.0 Å². The molecule has 0 heterocycles. The minimum atomic E-state index is -4.52. The molecule has 6 nitrogen and oxygen atoms in total. The van der Waals surface area contributed by atoms with Crippen LogP contribution in [0.1, 0.15) is 5.56 Å². The third-order valence-electron chi connectivity index (χ3n) is 2.42. The van der Waals surface area contributed by atoms with Crippen molar-refractivity contribution in [2.24, 2.45) is 0 Å². The van der Waals surface area contributed by atoms with Crippen molar-refractivity contribution < 1.29 is 47.3 Å². The van der Waals surface area contributed by atoms with Gasteiger partial charge in [0.05, 0.1) is 5.69 Å². The molecular formula is C13H13N2NaO4S. The van der Waals surface area contributed by atoms with Gasteiger partial charge in [-0.25, -0.2) is 8.42 Å². The largest absolute Gasteiger partial charge is 1.00 e. The van der Waals surface area contributed by atoms with Crippen LogP contribution in [0.5, 0.6) is 5.75 Å². The van der Waals surface area contributed by atoms with E-state index in [0.29, 0.717) is 18.0 Å². The molecule has 2 aromatic carbocycles. The summed E-state index contributed by atoms with van der Waals surface area (Å²) in [5.74, 6) is 0.643. The molecule has 0 aliphatic carbocycles.